The minimum atomic E-state index is -0.0130. The van der Waals surface area contributed by atoms with Crippen LogP contribution in [0.4, 0.5) is 11.8 Å². The minimum Gasteiger partial charge on any atom is -0.347 e. The highest BCUT2D eigenvalue weighted by Gasteiger charge is 2.04. The predicted octanol–water partition coefficient (Wildman–Crippen LogP) is 1.28. The molecule has 1 N–H and O–H groups in total. The van der Waals surface area contributed by atoms with E-state index in [9.17, 15) is 4.79 Å². The first-order valence-electron chi connectivity index (χ1n) is 4.93. The topological polar surface area (TPSA) is 58.1 Å². The van der Waals surface area contributed by atoms with E-state index in [1.165, 1.54) is 0 Å². The number of nitrogens with zero attached hydrogens (tertiary/aromatic N) is 3. The van der Waals surface area contributed by atoms with E-state index in [1.807, 2.05) is 21.0 Å². The fraction of sp³-hybridized carbons (Fsp3) is 0.500. The summed E-state index contributed by atoms with van der Waals surface area (Å²) < 4.78 is 0. The normalized spacial score (nSPS) is 9.80. The zero-order valence-electron chi connectivity index (χ0n) is 9.32. The molecule has 0 bridgehead atoms. The molecule has 1 heterocycles. The molecule has 0 unspecified atom stereocenters. The number of nitrogens with one attached hydrogen (secondary N) is 1. The Morgan fingerprint density at radius 2 is 2.27 bits per heavy atom. The highest BCUT2D eigenvalue weighted by molar-refractivity contribution is 5.89. The SMILES string of the molecule is CCCC(=O)Nc1ccnc(N(C)C)n1. The maximum Gasteiger partial charge on any atom is 0.226 e. The average Bonchev–Trinajstić information content (AvgIpc) is 2.18. The molecule has 0 saturated carbocycles. The first-order valence-corrected chi connectivity index (χ1v) is 4.93. The molecule has 1 aromatic rings. The predicted molar refractivity (Wildman–Crippen MR) is 59.9 cm³/mol. The second-order valence-electron chi connectivity index (χ2n) is 3.43. The molecule has 5 nitrogen and oxygen atoms in total. The molecule has 1 aromatic heterocycles. The third-order valence-electron chi connectivity index (χ3n) is 1.79. The lowest BCUT2D eigenvalue weighted by Gasteiger charge is -2.10. The van der Waals surface area contributed by atoms with Crippen LogP contribution in [-0.4, -0.2) is 30.0 Å². The summed E-state index contributed by atoms with van der Waals surface area (Å²) in [5.74, 6) is 1.12. The minimum absolute atomic E-state index is 0.0130. The molecule has 1 rings (SSSR count). The fourth-order valence-electron chi connectivity index (χ4n) is 1.07. The molecular formula is C10H16N4O. The smallest absolute Gasteiger partial charge is 0.226 e. The Hall–Kier alpha value is -1.65. The van der Waals surface area contributed by atoms with Crippen molar-refractivity contribution in [2.75, 3.05) is 24.3 Å². The summed E-state index contributed by atoms with van der Waals surface area (Å²) in [5, 5.41) is 2.72. The second-order valence-corrected chi connectivity index (χ2v) is 3.43. The molecule has 0 aliphatic rings. The maximum atomic E-state index is 11.3. The number of carbonyl (C=O) groups excluding carboxylic acids is 1. The molecule has 1 amide bonds. The lowest BCUT2D eigenvalue weighted by atomic mass is 10.3. The van der Waals surface area contributed by atoms with Gasteiger partial charge in [0.15, 0.2) is 0 Å². The summed E-state index contributed by atoms with van der Waals surface area (Å²) in [6, 6.07) is 1.68. The second kappa shape index (κ2) is 5.29. The first kappa shape index (κ1) is 11.4. The van der Waals surface area contributed by atoms with Crippen molar-refractivity contribution in [3.63, 3.8) is 0 Å². The largest absolute Gasteiger partial charge is 0.347 e. The zero-order chi connectivity index (χ0) is 11.3. The molecule has 0 fully saturated rings. The third-order valence-corrected chi connectivity index (χ3v) is 1.79. The Labute approximate surface area is 89.5 Å². The lowest BCUT2D eigenvalue weighted by molar-refractivity contribution is -0.116. The van der Waals surface area contributed by atoms with Gasteiger partial charge in [-0.25, -0.2) is 4.98 Å². The van der Waals surface area contributed by atoms with Crippen LogP contribution in [0.15, 0.2) is 12.3 Å². The van der Waals surface area contributed by atoms with Gasteiger partial charge < -0.3 is 10.2 Å². The van der Waals surface area contributed by atoms with Crippen molar-refractivity contribution in [1.29, 1.82) is 0 Å². The van der Waals surface area contributed by atoms with Gasteiger partial charge in [0, 0.05) is 26.7 Å². The van der Waals surface area contributed by atoms with E-state index in [2.05, 4.69) is 15.3 Å². The Balaban J connectivity index is 2.69. The highest BCUT2D eigenvalue weighted by Crippen LogP contribution is 2.08. The van der Waals surface area contributed by atoms with Crippen LogP contribution in [0.5, 0.6) is 0 Å². The van der Waals surface area contributed by atoms with Gasteiger partial charge in [-0.3, -0.25) is 4.79 Å². The van der Waals surface area contributed by atoms with Gasteiger partial charge in [0.05, 0.1) is 0 Å². The van der Waals surface area contributed by atoms with E-state index >= 15 is 0 Å². The summed E-state index contributed by atoms with van der Waals surface area (Å²) in [6.45, 7) is 1.96. The number of hydrogen-bond acceptors (Lipinski definition) is 4. The van der Waals surface area contributed by atoms with E-state index in [0.29, 0.717) is 18.2 Å². The molecule has 0 aliphatic carbocycles. The summed E-state index contributed by atoms with van der Waals surface area (Å²) in [7, 11) is 3.71. The van der Waals surface area contributed by atoms with E-state index < -0.39 is 0 Å². The lowest BCUT2D eigenvalue weighted by Crippen LogP contribution is -2.16. The number of anilines is 2. The van der Waals surface area contributed by atoms with Crippen molar-refractivity contribution < 1.29 is 4.79 Å². The maximum absolute atomic E-state index is 11.3. The van der Waals surface area contributed by atoms with Gasteiger partial charge in [0.25, 0.3) is 0 Å². The molecule has 0 saturated heterocycles. The zero-order valence-corrected chi connectivity index (χ0v) is 9.32. The number of hydrogen-bond donors (Lipinski definition) is 1. The van der Waals surface area contributed by atoms with Gasteiger partial charge in [0.2, 0.25) is 11.9 Å². The van der Waals surface area contributed by atoms with Crippen molar-refractivity contribution >= 4 is 17.7 Å². The molecule has 15 heavy (non-hydrogen) atoms. The van der Waals surface area contributed by atoms with Gasteiger partial charge >= 0.3 is 0 Å². The Bertz CT molecular complexity index is 338. The van der Waals surface area contributed by atoms with Gasteiger partial charge in [-0.05, 0) is 12.5 Å². The van der Waals surface area contributed by atoms with Crippen LogP contribution >= 0.6 is 0 Å². The summed E-state index contributed by atoms with van der Waals surface area (Å²) in [4.78, 5) is 21.3. The fourth-order valence-corrected chi connectivity index (χ4v) is 1.07. The Kier molecular flexibility index (Phi) is 4.03. The van der Waals surface area contributed by atoms with Crippen LogP contribution < -0.4 is 10.2 Å². The monoisotopic (exact) mass is 208 g/mol. The molecule has 82 valence electrons. The van der Waals surface area contributed by atoms with E-state index in [0.717, 1.165) is 6.42 Å². The summed E-state index contributed by atoms with van der Waals surface area (Å²) >= 11 is 0. The number of carbonyl (C=O) groups is 1. The molecule has 0 atom stereocenters. The van der Waals surface area contributed by atoms with E-state index in [1.54, 1.807) is 17.2 Å². The highest BCUT2D eigenvalue weighted by atomic mass is 16.1. The van der Waals surface area contributed by atoms with Crippen LogP contribution in [0.1, 0.15) is 19.8 Å². The molecular weight excluding hydrogens is 192 g/mol. The van der Waals surface area contributed by atoms with E-state index in [-0.39, 0.29) is 5.91 Å². The standard InChI is InChI=1S/C10H16N4O/c1-4-5-9(15)12-8-6-7-11-10(13-8)14(2)3/h6-7H,4-5H2,1-3H3,(H,11,12,13,15). The number of aromatic nitrogens is 2. The number of rotatable bonds is 4. The van der Waals surface area contributed by atoms with Crippen LogP contribution in [0.3, 0.4) is 0 Å². The average molecular weight is 208 g/mol. The van der Waals surface area contributed by atoms with Crippen molar-refractivity contribution in [3.8, 4) is 0 Å². The molecule has 0 radical (unpaired) electrons. The van der Waals surface area contributed by atoms with Crippen molar-refractivity contribution in [2.45, 2.75) is 19.8 Å². The summed E-state index contributed by atoms with van der Waals surface area (Å²) in [5.41, 5.74) is 0. The number of amides is 1. The molecule has 0 aliphatic heterocycles. The van der Waals surface area contributed by atoms with Crippen molar-refractivity contribution in [3.05, 3.63) is 12.3 Å². The van der Waals surface area contributed by atoms with Crippen molar-refractivity contribution in [1.82, 2.24) is 9.97 Å². The third kappa shape index (κ3) is 3.53. The van der Waals surface area contributed by atoms with Gasteiger partial charge in [0.1, 0.15) is 5.82 Å². The Morgan fingerprint density at radius 3 is 2.87 bits per heavy atom. The summed E-state index contributed by atoms with van der Waals surface area (Å²) in [6.07, 6.45) is 2.97. The first-order chi connectivity index (χ1) is 7.13. The van der Waals surface area contributed by atoms with Crippen LogP contribution in [0.2, 0.25) is 0 Å². The van der Waals surface area contributed by atoms with Crippen LogP contribution in [-0.2, 0) is 4.79 Å². The van der Waals surface area contributed by atoms with E-state index in [4.69, 9.17) is 0 Å². The van der Waals surface area contributed by atoms with Gasteiger partial charge in [-0.2, -0.15) is 4.98 Å². The van der Waals surface area contributed by atoms with Crippen LogP contribution in [0, 0.1) is 0 Å². The Morgan fingerprint density at radius 1 is 1.53 bits per heavy atom. The van der Waals surface area contributed by atoms with Gasteiger partial charge in [-0.1, -0.05) is 6.92 Å². The van der Waals surface area contributed by atoms with Gasteiger partial charge in [-0.15, -0.1) is 0 Å². The molecule has 5 heteroatoms. The quantitative estimate of drug-likeness (QED) is 0.809. The van der Waals surface area contributed by atoms with Crippen molar-refractivity contribution in [2.24, 2.45) is 0 Å². The van der Waals surface area contributed by atoms with Crippen LogP contribution in [0.25, 0.3) is 0 Å². The molecule has 0 aromatic carbocycles. The molecule has 0 spiro atoms.